The second-order valence-electron chi connectivity index (χ2n) is 3.61. The van der Waals surface area contributed by atoms with Gasteiger partial charge in [0.15, 0.2) is 6.04 Å². The standard InChI is InChI=1S/C11H9F3N2O4/c12-11(13,14)9(19)16-10(20)15-7(8(17)18)6-4-2-1-3-5-6/h1-5,7H,(H,17,18)(H2,15,16,19,20). The van der Waals surface area contributed by atoms with Gasteiger partial charge in [-0.05, 0) is 5.56 Å². The van der Waals surface area contributed by atoms with Crippen LogP contribution in [0.25, 0.3) is 0 Å². The Balaban J connectivity index is 2.76. The molecule has 1 atom stereocenters. The average molecular weight is 290 g/mol. The molecule has 20 heavy (non-hydrogen) atoms. The molecule has 1 rings (SSSR count). The summed E-state index contributed by atoms with van der Waals surface area (Å²) >= 11 is 0. The van der Waals surface area contributed by atoms with Crippen LogP contribution in [0.1, 0.15) is 11.6 Å². The van der Waals surface area contributed by atoms with Crippen LogP contribution in [0.3, 0.4) is 0 Å². The van der Waals surface area contributed by atoms with Crippen molar-refractivity contribution < 1.29 is 32.7 Å². The Bertz CT molecular complexity index is 516. The number of amides is 3. The molecule has 0 bridgehead atoms. The van der Waals surface area contributed by atoms with Crippen molar-refractivity contribution in [2.75, 3.05) is 0 Å². The number of aliphatic carboxylic acids is 1. The predicted octanol–water partition coefficient (Wildman–Crippen LogP) is 1.20. The molecule has 3 N–H and O–H groups in total. The van der Waals surface area contributed by atoms with Gasteiger partial charge in [-0.1, -0.05) is 30.3 Å². The molecule has 0 aliphatic heterocycles. The summed E-state index contributed by atoms with van der Waals surface area (Å²) in [7, 11) is 0. The minimum absolute atomic E-state index is 0.148. The molecule has 0 aliphatic carbocycles. The minimum atomic E-state index is -5.23. The number of carboxylic acids is 1. The molecule has 6 nitrogen and oxygen atoms in total. The second-order valence-corrected chi connectivity index (χ2v) is 3.61. The van der Waals surface area contributed by atoms with E-state index in [-0.39, 0.29) is 5.56 Å². The largest absolute Gasteiger partial charge is 0.479 e. The lowest BCUT2D eigenvalue weighted by Gasteiger charge is -2.15. The monoisotopic (exact) mass is 290 g/mol. The van der Waals surface area contributed by atoms with Crippen LogP contribution in [-0.4, -0.2) is 29.2 Å². The first kappa shape index (κ1) is 15.5. The molecule has 1 unspecified atom stereocenters. The van der Waals surface area contributed by atoms with Crippen molar-refractivity contribution in [2.24, 2.45) is 0 Å². The van der Waals surface area contributed by atoms with E-state index >= 15 is 0 Å². The lowest BCUT2D eigenvalue weighted by molar-refractivity contribution is -0.172. The van der Waals surface area contributed by atoms with Crippen molar-refractivity contribution in [1.29, 1.82) is 0 Å². The fraction of sp³-hybridized carbons (Fsp3) is 0.182. The average Bonchev–Trinajstić information content (AvgIpc) is 2.35. The number of nitrogens with one attached hydrogen (secondary N) is 2. The molecule has 0 fully saturated rings. The number of urea groups is 1. The highest BCUT2D eigenvalue weighted by atomic mass is 19.4. The molecular formula is C11H9F3N2O4. The van der Waals surface area contributed by atoms with Crippen LogP contribution in [0.2, 0.25) is 0 Å². The van der Waals surface area contributed by atoms with E-state index in [1.165, 1.54) is 24.3 Å². The molecule has 0 heterocycles. The van der Waals surface area contributed by atoms with E-state index in [0.717, 1.165) is 5.32 Å². The molecule has 0 saturated heterocycles. The zero-order valence-corrected chi connectivity index (χ0v) is 9.77. The van der Waals surface area contributed by atoms with Crippen LogP contribution in [0, 0.1) is 0 Å². The topological polar surface area (TPSA) is 95.5 Å². The van der Waals surface area contributed by atoms with Crippen molar-refractivity contribution in [3.63, 3.8) is 0 Å². The Hall–Kier alpha value is -2.58. The van der Waals surface area contributed by atoms with E-state index < -0.39 is 30.1 Å². The molecule has 0 spiro atoms. The van der Waals surface area contributed by atoms with Crippen molar-refractivity contribution in [2.45, 2.75) is 12.2 Å². The first-order valence-corrected chi connectivity index (χ1v) is 5.18. The Morgan fingerprint density at radius 3 is 2.10 bits per heavy atom. The van der Waals surface area contributed by atoms with E-state index in [1.807, 2.05) is 0 Å². The van der Waals surface area contributed by atoms with Gasteiger partial charge in [-0.2, -0.15) is 13.2 Å². The third-order valence-corrected chi connectivity index (χ3v) is 2.14. The molecule has 9 heteroatoms. The van der Waals surface area contributed by atoms with Gasteiger partial charge in [0, 0.05) is 0 Å². The van der Waals surface area contributed by atoms with Crippen LogP contribution in [-0.2, 0) is 9.59 Å². The summed E-state index contributed by atoms with van der Waals surface area (Å²) < 4.78 is 35.8. The highest BCUT2D eigenvalue weighted by Crippen LogP contribution is 2.15. The molecule has 3 amide bonds. The number of carbonyl (C=O) groups excluding carboxylic acids is 2. The number of carbonyl (C=O) groups is 3. The third-order valence-electron chi connectivity index (χ3n) is 2.14. The summed E-state index contributed by atoms with van der Waals surface area (Å²) in [4.78, 5) is 32.7. The van der Waals surface area contributed by atoms with Crippen LogP contribution < -0.4 is 10.6 Å². The van der Waals surface area contributed by atoms with E-state index in [2.05, 4.69) is 0 Å². The quantitative estimate of drug-likeness (QED) is 0.779. The van der Waals surface area contributed by atoms with Crippen molar-refractivity contribution in [3.05, 3.63) is 35.9 Å². The number of benzene rings is 1. The molecule has 1 aromatic rings. The maximum Gasteiger partial charge on any atom is 0.471 e. The van der Waals surface area contributed by atoms with Gasteiger partial charge in [0.25, 0.3) is 0 Å². The van der Waals surface area contributed by atoms with Crippen molar-refractivity contribution in [3.8, 4) is 0 Å². The lowest BCUT2D eigenvalue weighted by atomic mass is 10.1. The summed E-state index contributed by atoms with van der Waals surface area (Å²) in [6.45, 7) is 0. The number of rotatable bonds is 3. The van der Waals surface area contributed by atoms with Crippen LogP contribution in [0.4, 0.5) is 18.0 Å². The SMILES string of the molecule is O=C(NC(=O)C(F)(F)F)NC(C(=O)O)c1ccccc1. The Kier molecular flexibility index (Phi) is 4.68. The highest BCUT2D eigenvalue weighted by Gasteiger charge is 2.40. The molecule has 0 saturated carbocycles. The maximum atomic E-state index is 11.9. The summed E-state index contributed by atoms with van der Waals surface area (Å²) in [5.41, 5.74) is 0.148. The van der Waals surface area contributed by atoms with Gasteiger partial charge in [-0.15, -0.1) is 0 Å². The summed E-state index contributed by atoms with van der Waals surface area (Å²) in [5.74, 6) is -3.96. The molecule has 0 radical (unpaired) electrons. The minimum Gasteiger partial charge on any atom is -0.479 e. The number of hydrogen-bond donors (Lipinski definition) is 3. The summed E-state index contributed by atoms with van der Waals surface area (Å²) in [5, 5.41) is 11.7. The Morgan fingerprint density at radius 2 is 1.65 bits per heavy atom. The fourth-order valence-electron chi connectivity index (χ4n) is 1.27. The number of halogens is 3. The van der Waals surface area contributed by atoms with Crippen LogP contribution in [0.5, 0.6) is 0 Å². The second kappa shape index (κ2) is 6.04. The van der Waals surface area contributed by atoms with Gasteiger partial charge in [0.1, 0.15) is 0 Å². The molecule has 108 valence electrons. The summed E-state index contributed by atoms with van der Waals surface area (Å²) in [6, 6.07) is 4.18. The van der Waals surface area contributed by atoms with E-state index in [9.17, 15) is 27.6 Å². The van der Waals surface area contributed by atoms with E-state index in [4.69, 9.17) is 5.11 Å². The predicted molar refractivity (Wildman–Crippen MR) is 59.5 cm³/mol. The molecule has 0 aromatic heterocycles. The molecule has 1 aromatic carbocycles. The number of carboxylic acid groups (broad SMARTS) is 1. The van der Waals surface area contributed by atoms with E-state index in [0.29, 0.717) is 0 Å². The zero-order chi connectivity index (χ0) is 15.3. The Labute approximate surface area is 110 Å². The summed E-state index contributed by atoms with van der Waals surface area (Å²) in [6.07, 6.45) is -5.23. The smallest absolute Gasteiger partial charge is 0.471 e. The van der Waals surface area contributed by atoms with Crippen LogP contribution >= 0.6 is 0 Å². The van der Waals surface area contributed by atoms with Crippen molar-refractivity contribution >= 4 is 17.9 Å². The Morgan fingerprint density at radius 1 is 1.10 bits per heavy atom. The first-order valence-electron chi connectivity index (χ1n) is 5.18. The van der Waals surface area contributed by atoms with E-state index in [1.54, 1.807) is 11.4 Å². The lowest BCUT2D eigenvalue weighted by Crippen LogP contribution is -2.47. The van der Waals surface area contributed by atoms with Gasteiger partial charge in [0.05, 0.1) is 0 Å². The zero-order valence-electron chi connectivity index (χ0n) is 9.77. The fourth-order valence-corrected chi connectivity index (χ4v) is 1.27. The van der Waals surface area contributed by atoms with Gasteiger partial charge in [0.2, 0.25) is 0 Å². The number of imide groups is 1. The molecule has 0 aliphatic rings. The highest BCUT2D eigenvalue weighted by molar-refractivity contribution is 5.98. The number of alkyl halides is 3. The van der Waals surface area contributed by atoms with Gasteiger partial charge in [-0.25, -0.2) is 9.59 Å². The van der Waals surface area contributed by atoms with Gasteiger partial charge in [-0.3, -0.25) is 10.1 Å². The molecular weight excluding hydrogens is 281 g/mol. The van der Waals surface area contributed by atoms with Crippen molar-refractivity contribution in [1.82, 2.24) is 10.6 Å². The first-order chi connectivity index (χ1) is 9.21. The normalized spacial score (nSPS) is 12.3. The van der Waals surface area contributed by atoms with Crippen LogP contribution in [0.15, 0.2) is 30.3 Å². The maximum absolute atomic E-state index is 11.9. The van der Waals surface area contributed by atoms with Gasteiger partial charge >= 0.3 is 24.1 Å². The number of hydrogen-bond acceptors (Lipinski definition) is 3. The van der Waals surface area contributed by atoms with Gasteiger partial charge < -0.3 is 10.4 Å². The third kappa shape index (κ3) is 4.26.